The van der Waals surface area contributed by atoms with Gasteiger partial charge >= 0.3 is 6.09 Å². The van der Waals surface area contributed by atoms with Crippen LogP contribution in [0, 0.1) is 6.92 Å². The number of hydrogen-bond donors (Lipinski definition) is 1. The first-order chi connectivity index (χ1) is 9.15. The van der Waals surface area contributed by atoms with Gasteiger partial charge in [0, 0.05) is 31.9 Å². The van der Waals surface area contributed by atoms with Crippen LogP contribution in [0.4, 0.5) is 10.5 Å². The Kier molecular flexibility index (Phi) is 3.06. The van der Waals surface area contributed by atoms with E-state index in [1.807, 2.05) is 0 Å². The van der Waals surface area contributed by atoms with Gasteiger partial charge in [0.05, 0.1) is 13.2 Å². The highest BCUT2D eigenvalue weighted by molar-refractivity contribution is 5.67. The maximum absolute atomic E-state index is 11.0. The van der Waals surface area contributed by atoms with Crippen molar-refractivity contribution in [3.63, 3.8) is 0 Å². The molecule has 0 saturated carbocycles. The quantitative estimate of drug-likeness (QED) is 0.839. The molecule has 1 aromatic carbocycles. The van der Waals surface area contributed by atoms with E-state index in [-0.39, 0.29) is 0 Å². The van der Waals surface area contributed by atoms with Gasteiger partial charge in [-0.1, -0.05) is 6.07 Å². The number of carbonyl (C=O) groups is 1. The minimum absolute atomic E-state index is 0.502. The summed E-state index contributed by atoms with van der Waals surface area (Å²) in [6.45, 7) is 6.44. The van der Waals surface area contributed by atoms with Crippen LogP contribution in [-0.2, 0) is 17.8 Å². The lowest BCUT2D eigenvalue weighted by atomic mass is 10.0. The van der Waals surface area contributed by atoms with Crippen LogP contribution in [0.2, 0.25) is 0 Å². The van der Waals surface area contributed by atoms with Crippen molar-refractivity contribution in [3.05, 3.63) is 28.8 Å². The summed E-state index contributed by atoms with van der Waals surface area (Å²) in [6, 6.07) is 4.28. The average Bonchev–Trinajstić information content (AvgIpc) is 2.82. The molecule has 19 heavy (non-hydrogen) atoms. The summed E-state index contributed by atoms with van der Waals surface area (Å²) < 4.78 is 5.37. The van der Waals surface area contributed by atoms with Crippen molar-refractivity contribution < 1.29 is 14.6 Å². The summed E-state index contributed by atoms with van der Waals surface area (Å²) in [5.41, 5.74) is 4.70. The highest BCUT2D eigenvalue weighted by atomic mass is 16.5. The van der Waals surface area contributed by atoms with E-state index in [0.717, 1.165) is 37.4 Å². The summed E-state index contributed by atoms with van der Waals surface area (Å²) in [7, 11) is 0. The molecule has 2 aliphatic rings. The smallest absolute Gasteiger partial charge is 0.407 e. The fourth-order valence-corrected chi connectivity index (χ4v) is 2.84. The normalized spacial score (nSPS) is 18.6. The second kappa shape index (κ2) is 4.74. The third-order valence-electron chi connectivity index (χ3n) is 3.86. The molecule has 1 N–H and O–H groups in total. The Balaban J connectivity index is 1.88. The summed E-state index contributed by atoms with van der Waals surface area (Å²) in [5, 5.41) is 9.07. The lowest BCUT2D eigenvalue weighted by molar-refractivity contribution is 0.122. The zero-order chi connectivity index (χ0) is 13.4. The molecule has 0 radical (unpaired) electrons. The first-order valence-corrected chi connectivity index (χ1v) is 6.58. The van der Waals surface area contributed by atoms with E-state index in [2.05, 4.69) is 24.0 Å². The van der Waals surface area contributed by atoms with Crippen LogP contribution >= 0.6 is 0 Å². The Bertz CT molecular complexity index is 510. The van der Waals surface area contributed by atoms with Crippen molar-refractivity contribution in [2.24, 2.45) is 0 Å². The van der Waals surface area contributed by atoms with Gasteiger partial charge in [0.1, 0.15) is 0 Å². The van der Waals surface area contributed by atoms with Crippen LogP contribution in [0.3, 0.4) is 0 Å². The number of carboxylic acid groups (broad SMARTS) is 1. The number of morpholine rings is 1. The zero-order valence-corrected chi connectivity index (χ0v) is 11.1. The predicted molar refractivity (Wildman–Crippen MR) is 71.5 cm³/mol. The topological polar surface area (TPSA) is 53.0 Å². The Morgan fingerprint density at radius 2 is 1.84 bits per heavy atom. The van der Waals surface area contributed by atoms with Gasteiger partial charge < -0.3 is 14.7 Å². The van der Waals surface area contributed by atoms with Crippen molar-refractivity contribution in [1.29, 1.82) is 0 Å². The Hall–Kier alpha value is -1.75. The second-order valence-corrected chi connectivity index (χ2v) is 5.15. The molecule has 2 aliphatic heterocycles. The highest BCUT2D eigenvalue weighted by Crippen LogP contribution is 2.31. The Morgan fingerprint density at radius 3 is 2.47 bits per heavy atom. The summed E-state index contributed by atoms with van der Waals surface area (Å²) in [5.74, 6) is 0. The number of anilines is 1. The maximum Gasteiger partial charge on any atom is 0.407 e. The first-order valence-electron chi connectivity index (χ1n) is 6.58. The molecular weight excluding hydrogens is 244 g/mol. The van der Waals surface area contributed by atoms with Gasteiger partial charge in [0.15, 0.2) is 0 Å². The minimum Gasteiger partial charge on any atom is -0.465 e. The SMILES string of the molecule is Cc1cc2c(cc1N1CCOCC1)CN(C(=O)O)C2. The molecule has 0 bridgehead atoms. The maximum atomic E-state index is 11.0. The predicted octanol–water partition coefficient (Wildman–Crippen LogP) is 1.83. The van der Waals surface area contributed by atoms with Gasteiger partial charge in [-0.15, -0.1) is 0 Å². The molecule has 0 aliphatic carbocycles. The van der Waals surface area contributed by atoms with E-state index in [0.29, 0.717) is 13.1 Å². The number of amides is 1. The number of nitrogens with zero attached hydrogens (tertiary/aromatic N) is 2. The lowest BCUT2D eigenvalue weighted by Crippen LogP contribution is -2.36. The fourth-order valence-electron chi connectivity index (χ4n) is 2.84. The number of fused-ring (bicyclic) bond motifs is 1. The number of benzene rings is 1. The highest BCUT2D eigenvalue weighted by Gasteiger charge is 2.25. The van der Waals surface area contributed by atoms with Crippen LogP contribution in [0.5, 0.6) is 0 Å². The van der Waals surface area contributed by atoms with Crippen LogP contribution in [0.1, 0.15) is 16.7 Å². The minimum atomic E-state index is -0.846. The zero-order valence-electron chi connectivity index (χ0n) is 11.1. The summed E-state index contributed by atoms with van der Waals surface area (Å²) in [6.07, 6.45) is -0.846. The largest absolute Gasteiger partial charge is 0.465 e. The average molecular weight is 262 g/mol. The van der Waals surface area contributed by atoms with E-state index in [4.69, 9.17) is 9.84 Å². The molecule has 2 heterocycles. The van der Waals surface area contributed by atoms with Crippen molar-refractivity contribution in [2.45, 2.75) is 20.0 Å². The molecule has 1 saturated heterocycles. The van der Waals surface area contributed by atoms with Crippen LogP contribution < -0.4 is 4.90 Å². The molecule has 1 aromatic rings. The van der Waals surface area contributed by atoms with Crippen LogP contribution in [0.15, 0.2) is 12.1 Å². The van der Waals surface area contributed by atoms with Gasteiger partial charge in [0.2, 0.25) is 0 Å². The third kappa shape index (κ3) is 2.26. The molecule has 102 valence electrons. The van der Waals surface area contributed by atoms with E-state index >= 15 is 0 Å². The Morgan fingerprint density at radius 1 is 1.21 bits per heavy atom. The monoisotopic (exact) mass is 262 g/mol. The van der Waals surface area contributed by atoms with Crippen molar-refractivity contribution >= 4 is 11.8 Å². The lowest BCUT2D eigenvalue weighted by Gasteiger charge is -2.30. The van der Waals surface area contributed by atoms with Crippen LogP contribution in [-0.4, -0.2) is 42.4 Å². The molecule has 5 nitrogen and oxygen atoms in total. The van der Waals surface area contributed by atoms with Gasteiger partial charge in [-0.2, -0.15) is 0 Å². The molecule has 5 heteroatoms. The number of rotatable bonds is 1. The molecule has 0 spiro atoms. The molecular formula is C14H18N2O3. The van der Waals surface area contributed by atoms with Crippen LogP contribution in [0.25, 0.3) is 0 Å². The number of hydrogen-bond acceptors (Lipinski definition) is 3. The molecule has 1 fully saturated rings. The van der Waals surface area contributed by atoms with Gasteiger partial charge in [0.25, 0.3) is 0 Å². The first kappa shape index (κ1) is 12.3. The number of ether oxygens (including phenoxy) is 1. The number of aryl methyl sites for hydroxylation is 1. The molecule has 3 rings (SSSR count). The summed E-state index contributed by atoms with van der Waals surface area (Å²) in [4.78, 5) is 14.8. The van der Waals surface area contributed by atoms with Crippen molar-refractivity contribution in [1.82, 2.24) is 4.90 Å². The van der Waals surface area contributed by atoms with Crippen molar-refractivity contribution in [2.75, 3.05) is 31.2 Å². The fraction of sp³-hybridized carbons (Fsp3) is 0.500. The molecule has 0 aromatic heterocycles. The third-order valence-corrected chi connectivity index (χ3v) is 3.86. The van der Waals surface area contributed by atoms with Gasteiger partial charge in [-0.25, -0.2) is 4.79 Å². The summed E-state index contributed by atoms with van der Waals surface area (Å²) >= 11 is 0. The molecule has 0 atom stereocenters. The Labute approximate surface area is 112 Å². The van der Waals surface area contributed by atoms with E-state index in [1.54, 1.807) is 0 Å². The molecule has 0 unspecified atom stereocenters. The molecule has 1 amide bonds. The van der Waals surface area contributed by atoms with Crippen molar-refractivity contribution in [3.8, 4) is 0 Å². The van der Waals surface area contributed by atoms with Gasteiger partial charge in [-0.3, -0.25) is 4.90 Å². The van der Waals surface area contributed by atoms with Gasteiger partial charge in [-0.05, 0) is 29.7 Å². The van der Waals surface area contributed by atoms with E-state index in [9.17, 15) is 4.79 Å². The van der Waals surface area contributed by atoms with E-state index < -0.39 is 6.09 Å². The second-order valence-electron chi connectivity index (χ2n) is 5.15. The standard InChI is InChI=1S/C14H18N2O3/c1-10-6-11-8-16(14(17)18)9-12(11)7-13(10)15-2-4-19-5-3-15/h6-7H,2-5,8-9H2,1H3,(H,17,18). The van der Waals surface area contributed by atoms with E-state index in [1.165, 1.54) is 16.2 Å².